The average Bonchev–Trinajstić information content (AvgIpc) is 2.85. The lowest BCUT2D eigenvalue weighted by Gasteiger charge is -2.37. The van der Waals surface area contributed by atoms with Gasteiger partial charge in [-0.05, 0) is 111 Å². The first kappa shape index (κ1) is 28.0. The molecule has 5 N–H and O–H groups in total. The molecule has 0 radical (unpaired) electrons. The zero-order valence-electron chi connectivity index (χ0n) is 22.4. The van der Waals surface area contributed by atoms with Crippen LogP contribution in [0.4, 0.5) is 11.4 Å². The number of nitrogens with two attached hydrogens (primary N) is 2. The summed E-state index contributed by atoms with van der Waals surface area (Å²) >= 11 is 0. The van der Waals surface area contributed by atoms with Crippen molar-refractivity contribution in [2.45, 2.75) is 97.0 Å². The van der Waals surface area contributed by atoms with Crippen LogP contribution in [-0.4, -0.2) is 17.2 Å². The van der Waals surface area contributed by atoms with Crippen molar-refractivity contribution in [3.63, 3.8) is 0 Å². The minimum atomic E-state index is -0.458. The maximum absolute atomic E-state index is 12.4. The second-order valence-corrected chi connectivity index (χ2v) is 11.2. The molecule has 2 aliphatic carbocycles. The molecule has 0 heterocycles. The zero-order chi connectivity index (χ0) is 26.1. The first-order valence-corrected chi connectivity index (χ1v) is 13.9. The second-order valence-electron chi connectivity index (χ2n) is 11.2. The summed E-state index contributed by atoms with van der Waals surface area (Å²) < 4.78 is 5.49. The highest BCUT2D eigenvalue weighted by Gasteiger charge is 2.30. The third-order valence-electron chi connectivity index (χ3n) is 7.82. The van der Waals surface area contributed by atoms with E-state index in [2.05, 4.69) is 32.9 Å². The molecule has 0 bridgehead atoms. The van der Waals surface area contributed by atoms with Crippen molar-refractivity contribution in [1.82, 2.24) is 0 Å². The van der Waals surface area contributed by atoms with Crippen LogP contribution in [-0.2, 0) is 0 Å². The van der Waals surface area contributed by atoms with Gasteiger partial charge in [-0.2, -0.15) is 0 Å². The van der Waals surface area contributed by atoms with Crippen LogP contribution in [0.5, 0.6) is 5.75 Å². The van der Waals surface area contributed by atoms with E-state index in [1.54, 1.807) is 18.2 Å². The highest BCUT2D eigenvalue weighted by atomic mass is 16.5. The Kier molecular flexibility index (Phi) is 10.7. The van der Waals surface area contributed by atoms with E-state index >= 15 is 0 Å². The van der Waals surface area contributed by atoms with E-state index in [9.17, 15) is 9.90 Å². The smallest absolute Gasteiger partial charge is 0.343 e. The Morgan fingerprint density at radius 1 is 0.889 bits per heavy atom. The van der Waals surface area contributed by atoms with Gasteiger partial charge in [-0.25, -0.2) is 4.79 Å². The minimum Gasteiger partial charge on any atom is -0.423 e. The number of benzene rings is 2. The molecule has 0 saturated heterocycles. The molecule has 0 spiro atoms. The molecule has 0 unspecified atom stereocenters. The quantitative estimate of drug-likeness (QED) is 0.222. The van der Waals surface area contributed by atoms with Gasteiger partial charge in [0.25, 0.3) is 0 Å². The maximum atomic E-state index is 12.4. The number of nitrogen functional groups attached to an aromatic ring is 2. The Hall–Kier alpha value is -2.53. The monoisotopic (exact) mass is 494 g/mol. The first-order valence-electron chi connectivity index (χ1n) is 13.9. The van der Waals surface area contributed by atoms with Crippen molar-refractivity contribution in [3.8, 4) is 5.75 Å². The molecule has 5 nitrogen and oxygen atoms in total. The average molecular weight is 495 g/mol. The summed E-state index contributed by atoms with van der Waals surface area (Å²) in [7, 11) is 0. The van der Waals surface area contributed by atoms with Crippen molar-refractivity contribution < 1.29 is 14.6 Å². The third-order valence-corrected chi connectivity index (χ3v) is 7.82. The molecule has 0 amide bonds. The van der Waals surface area contributed by atoms with Crippen molar-refractivity contribution in [2.24, 2.45) is 17.8 Å². The molecule has 0 aromatic heterocycles. The van der Waals surface area contributed by atoms with Crippen molar-refractivity contribution in [1.29, 1.82) is 0 Å². The van der Waals surface area contributed by atoms with Gasteiger partial charge in [-0.3, -0.25) is 0 Å². The van der Waals surface area contributed by atoms with E-state index in [1.165, 1.54) is 56.9 Å². The summed E-state index contributed by atoms with van der Waals surface area (Å²) in [5, 5.41) is 9.74. The summed E-state index contributed by atoms with van der Waals surface area (Å²) in [6.45, 7) is 6.73. The summed E-state index contributed by atoms with van der Waals surface area (Å²) in [4.78, 5) is 12.4. The largest absolute Gasteiger partial charge is 0.423 e. The molecule has 5 heteroatoms. The predicted octanol–water partition coefficient (Wildman–Crippen LogP) is 7.34. The SMILES string of the molecule is CCCC(C)C.Nc1cc(N)cc(C(=O)Oc2ccc(C3CCC(C4CCC(O)CC4)CC3)cc2)c1. The lowest BCUT2D eigenvalue weighted by atomic mass is 9.69. The van der Waals surface area contributed by atoms with Crippen LogP contribution in [0, 0.1) is 17.8 Å². The number of esters is 1. The van der Waals surface area contributed by atoms with Gasteiger partial charge in [0.05, 0.1) is 11.7 Å². The Balaban J connectivity index is 0.000000538. The summed E-state index contributed by atoms with van der Waals surface area (Å²) in [5.74, 6) is 3.17. The van der Waals surface area contributed by atoms with E-state index < -0.39 is 5.97 Å². The first-order chi connectivity index (χ1) is 17.2. The van der Waals surface area contributed by atoms with E-state index in [0.29, 0.717) is 28.6 Å². The Labute approximate surface area is 217 Å². The van der Waals surface area contributed by atoms with E-state index in [-0.39, 0.29) is 6.10 Å². The third kappa shape index (κ3) is 8.55. The van der Waals surface area contributed by atoms with Gasteiger partial charge in [0.15, 0.2) is 0 Å². The van der Waals surface area contributed by atoms with Gasteiger partial charge >= 0.3 is 5.97 Å². The molecule has 2 aliphatic rings. The standard InChI is InChI=1S/C25H32N2O3.C6H14/c26-21-13-20(14-22(27)15-21)25(29)30-24-11-7-19(8-12-24)17-3-1-16(2-4-17)18-5-9-23(28)10-6-18;1-4-5-6(2)3/h7-8,11-18,23,28H,1-6,9-10,26-27H2;6H,4-5H2,1-3H3. The van der Waals surface area contributed by atoms with Gasteiger partial charge in [0, 0.05) is 11.4 Å². The predicted molar refractivity (Wildman–Crippen MR) is 149 cm³/mol. The molecule has 0 aliphatic heterocycles. The summed E-state index contributed by atoms with van der Waals surface area (Å²) in [5.41, 5.74) is 14.1. The van der Waals surface area contributed by atoms with Crippen LogP contribution >= 0.6 is 0 Å². The van der Waals surface area contributed by atoms with E-state index in [0.717, 1.165) is 30.6 Å². The van der Waals surface area contributed by atoms with Crippen molar-refractivity contribution in [2.75, 3.05) is 11.5 Å². The van der Waals surface area contributed by atoms with Gasteiger partial charge in [-0.1, -0.05) is 45.7 Å². The highest BCUT2D eigenvalue weighted by Crippen LogP contribution is 2.43. The molecular formula is C31H46N2O3. The number of carbonyl (C=O) groups excluding carboxylic acids is 1. The number of anilines is 2. The summed E-state index contributed by atoms with van der Waals surface area (Å²) in [6, 6.07) is 12.7. The van der Waals surface area contributed by atoms with E-state index in [4.69, 9.17) is 16.2 Å². The minimum absolute atomic E-state index is 0.0678. The van der Waals surface area contributed by atoms with E-state index in [1.807, 2.05) is 12.1 Å². The number of carbonyl (C=O) groups is 1. The normalized spacial score (nSPS) is 24.0. The van der Waals surface area contributed by atoms with Crippen LogP contribution in [0.3, 0.4) is 0 Å². The van der Waals surface area contributed by atoms with Gasteiger partial charge in [-0.15, -0.1) is 0 Å². The molecule has 2 saturated carbocycles. The van der Waals surface area contributed by atoms with Crippen LogP contribution in [0.2, 0.25) is 0 Å². The molecule has 198 valence electrons. The number of hydrogen-bond acceptors (Lipinski definition) is 5. The number of rotatable bonds is 6. The number of aliphatic hydroxyl groups excluding tert-OH is 1. The molecule has 4 rings (SSSR count). The van der Waals surface area contributed by atoms with Crippen LogP contribution in [0.1, 0.15) is 107 Å². The Morgan fingerprint density at radius 3 is 1.89 bits per heavy atom. The topological polar surface area (TPSA) is 98.6 Å². The molecule has 2 aromatic rings. The second kappa shape index (κ2) is 13.7. The lowest BCUT2D eigenvalue weighted by molar-refractivity contribution is 0.0734. The van der Waals surface area contributed by atoms with Crippen LogP contribution in [0.15, 0.2) is 42.5 Å². The molecule has 2 fully saturated rings. The van der Waals surface area contributed by atoms with Crippen molar-refractivity contribution in [3.05, 3.63) is 53.6 Å². The van der Waals surface area contributed by atoms with Gasteiger partial charge in [0.2, 0.25) is 0 Å². The van der Waals surface area contributed by atoms with Crippen molar-refractivity contribution >= 4 is 17.3 Å². The Bertz CT molecular complexity index is 921. The number of hydrogen-bond donors (Lipinski definition) is 3. The van der Waals surface area contributed by atoms with Gasteiger partial charge < -0.3 is 21.3 Å². The fourth-order valence-electron chi connectivity index (χ4n) is 5.84. The fourth-order valence-corrected chi connectivity index (χ4v) is 5.84. The highest BCUT2D eigenvalue weighted by molar-refractivity contribution is 5.93. The maximum Gasteiger partial charge on any atom is 0.343 e. The summed E-state index contributed by atoms with van der Waals surface area (Å²) in [6.07, 6.45) is 12.0. The number of ether oxygens (including phenoxy) is 1. The van der Waals surface area contributed by atoms with Crippen LogP contribution in [0.25, 0.3) is 0 Å². The molecule has 36 heavy (non-hydrogen) atoms. The number of aliphatic hydroxyl groups is 1. The fraction of sp³-hybridized carbons (Fsp3) is 0.581. The molecule has 2 aromatic carbocycles. The Morgan fingerprint density at radius 2 is 1.42 bits per heavy atom. The molecule has 0 atom stereocenters. The lowest BCUT2D eigenvalue weighted by Crippen LogP contribution is -2.27. The molecular weight excluding hydrogens is 448 g/mol. The van der Waals surface area contributed by atoms with Gasteiger partial charge in [0.1, 0.15) is 5.75 Å². The van der Waals surface area contributed by atoms with Crippen LogP contribution < -0.4 is 16.2 Å². The zero-order valence-corrected chi connectivity index (χ0v) is 22.4.